The van der Waals surface area contributed by atoms with Gasteiger partial charge in [0.05, 0.1) is 25.2 Å². The summed E-state index contributed by atoms with van der Waals surface area (Å²) in [6, 6.07) is 12.6. The number of benzene rings is 2. The molecule has 1 atom stereocenters. The predicted octanol–water partition coefficient (Wildman–Crippen LogP) is 3.14. The molecule has 0 aliphatic carbocycles. The van der Waals surface area contributed by atoms with Crippen molar-refractivity contribution in [1.82, 2.24) is 4.31 Å². The molecule has 7 nitrogen and oxygen atoms in total. The van der Waals surface area contributed by atoms with E-state index in [0.717, 1.165) is 24.1 Å². The molecular weight excluding hydrogens is 404 g/mol. The van der Waals surface area contributed by atoms with Gasteiger partial charge < -0.3 is 19.1 Å². The molecule has 8 heteroatoms. The van der Waals surface area contributed by atoms with Crippen LogP contribution in [0.25, 0.3) is 0 Å². The topological polar surface area (TPSA) is 68.3 Å². The van der Waals surface area contributed by atoms with Crippen molar-refractivity contribution in [3.63, 3.8) is 0 Å². The number of ether oxygens (including phenoxy) is 3. The molecule has 1 unspecified atom stereocenters. The Morgan fingerprint density at radius 1 is 1.03 bits per heavy atom. The van der Waals surface area contributed by atoms with Crippen LogP contribution in [-0.4, -0.2) is 60.3 Å². The largest absolute Gasteiger partial charge is 0.493 e. The SMILES string of the molecule is COc1ccc(S(=O)(=O)N(Cc2ccc(N(C)C)cc2)CC2CCCO2)cc1OC. The zero-order chi connectivity index (χ0) is 21.7. The highest BCUT2D eigenvalue weighted by Gasteiger charge is 2.30. The van der Waals surface area contributed by atoms with E-state index >= 15 is 0 Å². The Labute approximate surface area is 179 Å². The molecule has 0 bridgehead atoms. The summed E-state index contributed by atoms with van der Waals surface area (Å²) in [6.45, 7) is 1.25. The summed E-state index contributed by atoms with van der Waals surface area (Å²) in [5.74, 6) is 0.868. The molecule has 1 heterocycles. The average molecular weight is 435 g/mol. The molecule has 0 radical (unpaired) electrons. The van der Waals surface area contributed by atoms with Gasteiger partial charge in [-0.3, -0.25) is 0 Å². The molecule has 1 aliphatic rings. The van der Waals surface area contributed by atoms with Crippen LogP contribution in [0.2, 0.25) is 0 Å². The van der Waals surface area contributed by atoms with Gasteiger partial charge in [-0.1, -0.05) is 12.1 Å². The normalized spacial score (nSPS) is 16.6. The highest BCUT2D eigenvalue weighted by molar-refractivity contribution is 7.89. The molecule has 30 heavy (non-hydrogen) atoms. The van der Waals surface area contributed by atoms with Crippen molar-refractivity contribution in [3.05, 3.63) is 48.0 Å². The summed E-state index contributed by atoms with van der Waals surface area (Å²) in [4.78, 5) is 2.18. The van der Waals surface area contributed by atoms with Crippen LogP contribution >= 0.6 is 0 Å². The van der Waals surface area contributed by atoms with Crippen LogP contribution in [0.1, 0.15) is 18.4 Å². The van der Waals surface area contributed by atoms with E-state index in [0.29, 0.717) is 24.7 Å². The third-order valence-corrected chi connectivity index (χ3v) is 7.04. The molecular formula is C22H30N2O5S. The van der Waals surface area contributed by atoms with E-state index < -0.39 is 10.0 Å². The molecule has 0 amide bonds. The minimum absolute atomic E-state index is 0.0963. The molecule has 1 fully saturated rings. The Bertz CT molecular complexity index is 939. The van der Waals surface area contributed by atoms with Crippen molar-refractivity contribution in [2.75, 3.05) is 46.4 Å². The number of anilines is 1. The first-order valence-corrected chi connectivity index (χ1v) is 11.4. The smallest absolute Gasteiger partial charge is 0.243 e. The van der Waals surface area contributed by atoms with E-state index in [2.05, 4.69) is 0 Å². The van der Waals surface area contributed by atoms with Crippen molar-refractivity contribution >= 4 is 15.7 Å². The van der Waals surface area contributed by atoms with Crippen molar-refractivity contribution in [2.24, 2.45) is 0 Å². The summed E-state index contributed by atoms with van der Waals surface area (Å²) in [7, 11) is 3.19. The third-order valence-electron chi connectivity index (χ3n) is 5.24. The van der Waals surface area contributed by atoms with Crippen LogP contribution in [-0.2, 0) is 21.3 Å². The van der Waals surface area contributed by atoms with Crippen LogP contribution in [0.3, 0.4) is 0 Å². The highest BCUT2D eigenvalue weighted by Crippen LogP contribution is 2.31. The Hall–Kier alpha value is -2.29. The van der Waals surface area contributed by atoms with Crippen LogP contribution in [0.15, 0.2) is 47.4 Å². The van der Waals surface area contributed by atoms with Gasteiger partial charge in [0.1, 0.15) is 0 Å². The van der Waals surface area contributed by atoms with Crippen molar-refractivity contribution in [3.8, 4) is 11.5 Å². The fourth-order valence-electron chi connectivity index (χ4n) is 3.49. The van der Waals surface area contributed by atoms with Crippen molar-refractivity contribution in [2.45, 2.75) is 30.4 Å². The van der Waals surface area contributed by atoms with E-state index in [4.69, 9.17) is 14.2 Å². The van der Waals surface area contributed by atoms with Gasteiger partial charge in [0.25, 0.3) is 0 Å². The van der Waals surface area contributed by atoms with E-state index in [9.17, 15) is 8.42 Å². The molecule has 0 N–H and O–H groups in total. The molecule has 3 rings (SSSR count). The molecule has 2 aromatic carbocycles. The summed E-state index contributed by atoms with van der Waals surface area (Å²) < 4.78 is 44.8. The van der Waals surface area contributed by atoms with E-state index in [-0.39, 0.29) is 17.5 Å². The number of rotatable bonds is 9. The molecule has 1 aliphatic heterocycles. The Kier molecular flexibility index (Phi) is 7.23. The van der Waals surface area contributed by atoms with Gasteiger partial charge in [-0.2, -0.15) is 4.31 Å². The minimum atomic E-state index is -3.76. The van der Waals surface area contributed by atoms with Gasteiger partial charge >= 0.3 is 0 Å². The second kappa shape index (κ2) is 9.68. The zero-order valence-corrected chi connectivity index (χ0v) is 18.8. The lowest BCUT2D eigenvalue weighted by Crippen LogP contribution is -2.37. The number of hydrogen-bond donors (Lipinski definition) is 0. The molecule has 2 aromatic rings. The number of nitrogens with zero attached hydrogens (tertiary/aromatic N) is 2. The highest BCUT2D eigenvalue weighted by atomic mass is 32.2. The van der Waals surface area contributed by atoms with Gasteiger partial charge in [0, 0.05) is 45.5 Å². The van der Waals surface area contributed by atoms with Crippen molar-refractivity contribution in [1.29, 1.82) is 0 Å². The van der Waals surface area contributed by atoms with Gasteiger partial charge in [-0.15, -0.1) is 0 Å². The van der Waals surface area contributed by atoms with Gasteiger partial charge in [-0.25, -0.2) is 8.42 Å². The van der Waals surface area contributed by atoms with E-state index in [1.165, 1.54) is 24.6 Å². The second-order valence-electron chi connectivity index (χ2n) is 7.51. The maximum atomic E-state index is 13.5. The summed E-state index contributed by atoms with van der Waals surface area (Å²) in [5, 5.41) is 0. The molecule has 1 saturated heterocycles. The Morgan fingerprint density at radius 3 is 2.30 bits per heavy atom. The molecule has 0 spiro atoms. The van der Waals surface area contributed by atoms with Crippen LogP contribution in [0.4, 0.5) is 5.69 Å². The summed E-state index contributed by atoms with van der Waals surface area (Å²) in [6.07, 6.45) is 1.71. The first kappa shape index (κ1) is 22.4. The minimum Gasteiger partial charge on any atom is -0.493 e. The lowest BCUT2D eigenvalue weighted by molar-refractivity contribution is 0.0926. The lowest BCUT2D eigenvalue weighted by atomic mass is 10.2. The van der Waals surface area contributed by atoms with Crippen LogP contribution in [0.5, 0.6) is 11.5 Å². The average Bonchev–Trinajstić information content (AvgIpc) is 3.26. The van der Waals surface area contributed by atoms with Crippen LogP contribution < -0.4 is 14.4 Å². The maximum Gasteiger partial charge on any atom is 0.243 e. The third kappa shape index (κ3) is 5.06. The fourth-order valence-corrected chi connectivity index (χ4v) is 4.97. The standard InChI is InChI=1S/C22H30N2O5S/c1-23(2)18-9-7-17(8-10-18)15-24(16-19-6-5-13-29-19)30(25,26)20-11-12-21(27-3)22(14-20)28-4/h7-12,14,19H,5-6,13,15-16H2,1-4H3. The van der Waals surface area contributed by atoms with Crippen LogP contribution in [0, 0.1) is 0 Å². The van der Waals surface area contributed by atoms with E-state index in [1.54, 1.807) is 12.1 Å². The van der Waals surface area contributed by atoms with Gasteiger partial charge in [0.15, 0.2) is 11.5 Å². The van der Waals surface area contributed by atoms with E-state index in [1.807, 2.05) is 43.3 Å². The molecule has 164 valence electrons. The Morgan fingerprint density at radius 2 is 1.73 bits per heavy atom. The second-order valence-corrected chi connectivity index (χ2v) is 9.45. The molecule has 0 aromatic heterocycles. The number of hydrogen-bond acceptors (Lipinski definition) is 6. The zero-order valence-electron chi connectivity index (χ0n) is 18.0. The fraction of sp³-hybridized carbons (Fsp3) is 0.455. The molecule has 0 saturated carbocycles. The van der Waals surface area contributed by atoms with Gasteiger partial charge in [0.2, 0.25) is 10.0 Å². The quantitative estimate of drug-likeness (QED) is 0.604. The lowest BCUT2D eigenvalue weighted by Gasteiger charge is -2.25. The predicted molar refractivity (Wildman–Crippen MR) is 117 cm³/mol. The summed E-state index contributed by atoms with van der Waals surface area (Å²) >= 11 is 0. The Balaban J connectivity index is 1.91. The first-order chi connectivity index (χ1) is 14.3. The monoisotopic (exact) mass is 434 g/mol. The maximum absolute atomic E-state index is 13.5. The summed E-state index contributed by atoms with van der Waals surface area (Å²) in [5.41, 5.74) is 1.98. The van der Waals surface area contributed by atoms with Gasteiger partial charge in [-0.05, 0) is 42.7 Å². The first-order valence-electron chi connectivity index (χ1n) is 9.95. The van der Waals surface area contributed by atoms with Crippen molar-refractivity contribution < 1.29 is 22.6 Å². The number of methoxy groups -OCH3 is 2. The number of sulfonamides is 1.